The quantitative estimate of drug-likeness (QED) is 0.821. The molecular formula is C14H22N2O2. The van der Waals surface area contributed by atoms with Crippen LogP contribution in [-0.2, 0) is 4.74 Å². The maximum Gasteiger partial charge on any atom is 0.0839 e. The van der Waals surface area contributed by atoms with Gasteiger partial charge in [-0.15, -0.1) is 0 Å². The summed E-state index contributed by atoms with van der Waals surface area (Å²) >= 11 is 0. The maximum atomic E-state index is 9.99. The van der Waals surface area contributed by atoms with Crippen LogP contribution < -0.4 is 5.32 Å². The minimum Gasteiger partial charge on any atom is -0.390 e. The number of rotatable bonds is 5. The molecule has 0 aromatic heterocycles. The average Bonchev–Trinajstić information content (AvgIpc) is 2.38. The van der Waals surface area contributed by atoms with Crippen molar-refractivity contribution in [1.82, 2.24) is 4.90 Å². The summed E-state index contributed by atoms with van der Waals surface area (Å²) in [5.41, 5.74) is 2.29. The molecule has 4 nitrogen and oxygen atoms in total. The number of anilines is 1. The van der Waals surface area contributed by atoms with Crippen LogP contribution >= 0.6 is 0 Å². The molecule has 1 unspecified atom stereocenters. The van der Waals surface area contributed by atoms with E-state index in [9.17, 15) is 5.11 Å². The topological polar surface area (TPSA) is 44.7 Å². The summed E-state index contributed by atoms with van der Waals surface area (Å²) in [4.78, 5) is 2.24. The second-order valence-electron chi connectivity index (χ2n) is 4.82. The van der Waals surface area contributed by atoms with Gasteiger partial charge in [0.2, 0.25) is 0 Å². The van der Waals surface area contributed by atoms with Crippen LogP contribution in [0, 0.1) is 6.92 Å². The first-order valence-corrected chi connectivity index (χ1v) is 6.53. The molecule has 0 radical (unpaired) electrons. The molecule has 1 atom stereocenters. The summed E-state index contributed by atoms with van der Waals surface area (Å²) in [7, 11) is 0. The predicted molar refractivity (Wildman–Crippen MR) is 72.9 cm³/mol. The number of benzene rings is 1. The molecule has 2 rings (SSSR count). The van der Waals surface area contributed by atoms with Crippen molar-refractivity contribution in [1.29, 1.82) is 0 Å². The summed E-state index contributed by atoms with van der Waals surface area (Å²) in [5.74, 6) is 0. The Labute approximate surface area is 109 Å². The van der Waals surface area contributed by atoms with Gasteiger partial charge in [-0.05, 0) is 24.6 Å². The third-order valence-electron chi connectivity index (χ3n) is 3.13. The fourth-order valence-electron chi connectivity index (χ4n) is 2.14. The second-order valence-corrected chi connectivity index (χ2v) is 4.82. The van der Waals surface area contributed by atoms with E-state index in [0.717, 1.165) is 32.0 Å². The van der Waals surface area contributed by atoms with Crippen LogP contribution in [0.4, 0.5) is 5.69 Å². The summed E-state index contributed by atoms with van der Waals surface area (Å²) in [5, 5.41) is 13.3. The van der Waals surface area contributed by atoms with Gasteiger partial charge in [0.15, 0.2) is 0 Å². The lowest BCUT2D eigenvalue weighted by atomic mass is 10.2. The normalized spacial score (nSPS) is 18.6. The van der Waals surface area contributed by atoms with Gasteiger partial charge >= 0.3 is 0 Å². The molecule has 1 heterocycles. The molecule has 0 spiro atoms. The van der Waals surface area contributed by atoms with Crippen LogP contribution in [0.3, 0.4) is 0 Å². The first-order chi connectivity index (χ1) is 8.74. The minimum absolute atomic E-state index is 0.344. The van der Waals surface area contributed by atoms with Crippen LogP contribution in [0.5, 0.6) is 0 Å². The minimum atomic E-state index is -0.344. The number of β-amino-alcohol motifs (C(OH)–C–C–N with tert-alkyl or cyclic N) is 1. The van der Waals surface area contributed by atoms with Crippen molar-refractivity contribution in [2.45, 2.75) is 13.0 Å². The number of aryl methyl sites for hydroxylation is 1. The Hall–Kier alpha value is -1.10. The van der Waals surface area contributed by atoms with E-state index in [1.165, 1.54) is 5.56 Å². The molecule has 0 bridgehead atoms. The van der Waals surface area contributed by atoms with E-state index in [4.69, 9.17) is 4.74 Å². The fraction of sp³-hybridized carbons (Fsp3) is 0.571. The van der Waals surface area contributed by atoms with Crippen molar-refractivity contribution < 1.29 is 9.84 Å². The van der Waals surface area contributed by atoms with Gasteiger partial charge in [-0.2, -0.15) is 0 Å². The molecule has 1 fully saturated rings. The Morgan fingerprint density at radius 2 is 2.17 bits per heavy atom. The first-order valence-electron chi connectivity index (χ1n) is 6.53. The number of nitrogens with zero attached hydrogens (tertiary/aromatic N) is 1. The van der Waals surface area contributed by atoms with Gasteiger partial charge in [0.1, 0.15) is 0 Å². The van der Waals surface area contributed by atoms with E-state index < -0.39 is 0 Å². The van der Waals surface area contributed by atoms with Crippen molar-refractivity contribution in [2.24, 2.45) is 0 Å². The smallest absolute Gasteiger partial charge is 0.0839 e. The Balaban J connectivity index is 1.72. The summed E-state index contributed by atoms with van der Waals surface area (Å²) in [6.45, 7) is 6.75. The Kier molecular flexibility index (Phi) is 4.99. The van der Waals surface area contributed by atoms with Gasteiger partial charge in [-0.3, -0.25) is 4.90 Å². The highest BCUT2D eigenvalue weighted by atomic mass is 16.5. The molecule has 0 saturated carbocycles. The maximum absolute atomic E-state index is 9.99. The zero-order valence-corrected chi connectivity index (χ0v) is 10.9. The predicted octanol–water partition coefficient (Wildman–Crippen LogP) is 1.10. The number of aliphatic hydroxyl groups is 1. The molecule has 1 aromatic carbocycles. The molecule has 4 heteroatoms. The van der Waals surface area contributed by atoms with E-state index >= 15 is 0 Å². The van der Waals surface area contributed by atoms with Crippen LogP contribution in [0.1, 0.15) is 5.56 Å². The second kappa shape index (κ2) is 6.73. The number of nitrogens with one attached hydrogen (secondary N) is 1. The lowest BCUT2D eigenvalue weighted by Crippen LogP contribution is -2.42. The van der Waals surface area contributed by atoms with Gasteiger partial charge in [-0.25, -0.2) is 0 Å². The third-order valence-corrected chi connectivity index (χ3v) is 3.13. The number of morpholine rings is 1. The summed E-state index contributed by atoms with van der Waals surface area (Å²) in [6.07, 6.45) is -0.344. The van der Waals surface area contributed by atoms with Crippen molar-refractivity contribution in [3.05, 3.63) is 29.8 Å². The summed E-state index contributed by atoms with van der Waals surface area (Å²) in [6, 6.07) is 8.19. The van der Waals surface area contributed by atoms with E-state index in [1.54, 1.807) is 0 Å². The van der Waals surface area contributed by atoms with Gasteiger partial charge in [0.05, 0.1) is 19.3 Å². The van der Waals surface area contributed by atoms with Crippen molar-refractivity contribution >= 4 is 5.69 Å². The summed E-state index contributed by atoms with van der Waals surface area (Å²) < 4.78 is 5.28. The van der Waals surface area contributed by atoms with Crippen molar-refractivity contribution in [2.75, 3.05) is 44.7 Å². The number of ether oxygens (including phenoxy) is 1. The zero-order valence-electron chi connectivity index (χ0n) is 10.9. The molecule has 1 aliphatic heterocycles. The largest absolute Gasteiger partial charge is 0.390 e. The Morgan fingerprint density at radius 3 is 2.89 bits per heavy atom. The van der Waals surface area contributed by atoms with Crippen LogP contribution in [0.25, 0.3) is 0 Å². The van der Waals surface area contributed by atoms with Gasteiger partial charge in [-0.1, -0.05) is 12.1 Å². The van der Waals surface area contributed by atoms with Crippen molar-refractivity contribution in [3.8, 4) is 0 Å². The van der Waals surface area contributed by atoms with E-state index in [-0.39, 0.29) is 6.10 Å². The zero-order chi connectivity index (χ0) is 12.8. The number of hydrogen-bond acceptors (Lipinski definition) is 4. The average molecular weight is 250 g/mol. The SMILES string of the molecule is Cc1cccc(NCC(O)CN2CCOCC2)c1. The van der Waals surface area contributed by atoms with Crippen LogP contribution in [-0.4, -0.2) is 55.5 Å². The highest BCUT2D eigenvalue weighted by molar-refractivity contribution is 5.45. The van der Waals surface area contributed by atoms with Gasteiger partial charge < -0.3 is 15.2 Å². The van der Waals surface area contributed by atoms with E-state index in [1.807, 2.05) is 12.1 Å². The Bertz CT molecular complexity index is 365. The van der Waals surface area contributed by atoms with Crippen molar-refractivity contribution in [3.63, 3.8) is 0 Å². The molecule has 18 heavy (non-hydrogen) atoms. The molecule has 1 aliphatic rings. The third kappa shape index (κ3) is 4.29. The van der Waals surface area contributed by atoms with Crippen LogP contribution in [0.15, 0.2) is 24.3 Å². The molecule has 100 valence electrons. The lowest BCUT2D eigenvalue weighted by Gasteiger charge is -2.28. The van der Waals surface area contributed by atoms with Crippen LogP contribution in [0.2, 0.25) is 0 Å². The molecule has 0 amide bonds. The molecule has 1 aromatic rings. The number of aliphatic hydroxyl groups excluding tert-OH is 1. The standard InChI is InChI=1S/C14H22N2O2/c1-12-3-2-4-13(9-12)15-10-14(17)11-16-5-7-18-8-6-16/h2-4,9,14-15,17H,5-8,10-11H2,1H3. The fourth-order valence-corrected chi connectivity index (χ4v) is 2.14. The highest BCUT2D eigenvalue weighted by Gasteiger charge is 2.14. The highest BCUT2D eigenvalue weighted by Crippen LogP contribution is 2.09. The van der Waals surface area contributed by atoms with E-state index in [2.05, 4.69) is 29.3 Å². The molecule has 2 N–H and O–H groups in total. The Morgan fingerprint density at radius 1 is 1.39 bits per heavy atom. The molecule has 0 aliphatic carbocycles. The monoisotopic (exact) mass is 250 g/mol. The first kappa shape index (κ1) is 13.3. The van der Waals surface area contributed by atoms with E-state index in [0.29, 0.717) is 13.1 Å². The lowest BCUT2D eigenvalue weighted by molar-refractivity contribution is 0.0171. The van der Waals surface area contributed by atoms with Gasteiger partial charge in [0, 0.05) is 31.9 Å². The number of hydrogen-bond donors (Lipinski definition) is 2. The molecular weight excluding hydrogens is 228 g/mol. The van der Waals surface area contributed by atoms with Gasteiger partial charge in [0.25, 0.3) is 0 Å². The molecule has 1 saturated heterocycles.